The van der Waals surface area contributed by atoms with Gasteiger partial charge in [-0.15, -0.1) is 0 Å². The number of hydrogen-bond donors (Lipinski definition) is 1. The number of nitrogens with one attached hydrogen (secondary N) is 1. The normalized spacial score (nSPS) is 12.5. The van der Waals surface area contributed by atoms with E-state index < -0.39 is 11.7 Å². The Morgan fingerprint density at radius 2 is 1.83 bits per heavy atom. The van der Waals surface area contributed by atoms with Crippen LogP contribution in [0.2, 0.25) is 0 Å². The van der Waals surface area contributed by atoms with Gasteiger partial charge in [-0.3, -0.25) is 0 Å². The third-order valence-electron chi connectivity index (χ3n) is 3.05. The average Bonchev–Trinajstić information content (AvgIpc) is 2.49. The first kappa shape index (κ1) is 20.3. The van der Waals surface area contributed by atoms with Gasteiger partial charge in [0.1, 0.15) is 11.4 Å². The molecule has 1 aromatic carbocycles. The topological polar surface area (TPSA) is 66.0 Å². The van der Waals surface area contributed by atoms with Gasteiger partial charge in [0, 0.05) is 0 Å². The highest BCUT2D eigenvalue weighted by Crippen LogP contribution is 2.18. The summed E-state index contributed by atoms with van der Waals surface area (Å²) in [5.41, 5.74) is 0.439. The number of rotatable bonds is 9. The van der Waals surface area contributed by atoms with Gasteiger partial charge in [-0.2, -0.15) is 4.89 Å². The molecule has 1 N–H and O–H groups in total. The molecule has 1 atom stereocenters. The van der Waals surface area contributed by atoms with Crippen LogP contribution >= 0.6 is 0 Å². The number of ether oxygens (including phenoxy) is 2. The van der Waals surface area contributed by atoms with Crippen molar-refractivity contribution >= 4 is 6.09 Å². The molecule has 0 aliphatic heterocycles. The van der Waals surface area contributed by atoms with E-state index in [4.69, 9.17) is 19.2 Å². The smallest absolute Gasteiger partial charge is 0.408 e. The van der Waals surface area contributed by atoms with Crippen LogP contribution in [0.1, 0.15) is 59.1 Å². The van der Waals surface area contributed by atoms with E-state index in [-0.39, 0.29) is 12.8 Å². The Kier molecular flexibility index (Phi) is 8.57. The molecule has 0 heterocycles. The highest BCUT2D eigenvalue weighted by Gasteiger charge is 2.18. The molecule has 1 rings (SSSR count). The Bertz CT molecular complexity index is 481. The predicted molar refractivity (Wildman–Crippen MR) is 91.7 cm³/mol. The van der Waals surface area contributed by atoms with Crippen molar-refractivity contribution in [3.8, 4) is 5.75 Å². The zero-order valence-electron chi connectivity index (χ0n) is 15.3. The lowest BCUT2D eigenvalue weighted by Crippen LogP contribution is -2.34. The summed E-state index contributed by atoms with van der Waals surface area (Å²) in [6, 6.07) is 7.24. The van der Waals surface area contributed by atoms with Crippen LogP contribution in [0, 0.1) is 0 Å². The van der Waals surface area contributed by atoms with Crippen molar-refractivity contribution in [2.75, 3.05) is 13.4 Å². The van der Waals surface area contributed by atoms with E-state index in [0.717, 1.165) is 18.4 Å². The number of benzene rings is 1. The summed E-state index contributed by atoms with van der Waals surface area (Å²) >= 11 is 0. The Morgan fingerprint density at radius 3 is 2.42 bits per heavy atom. The van der Waals surface area contributed by atoms with E-state index >= 15 is 0 Å². The summed E-state index contributed by atoms with van der Waals surface area (Å²) in [5.74, 6) is 0.669. The predicted octanol–water partition coefficient (Wildman–Crippen LogP) is 4.36. The minimum atomic E-state index is -0.513. The van der Waals surface area contributed by atoms with E-state index in [1.165, 1.54) is 0 Å². The zero-order chi connectivity index (χ0) is 18.0. The SMILES string of the molecule is CCCCOOCOc1ccc(C(C)NC(=O)OC(C)(C)C)cc1. The molecule has 0 saturated heterocycles. The minimum Gasteiger partial charge on any atom is -0.465 e. The van der Waals surface area contributed by atoms with E-state index in [1.54, 1.807) is 0 Å². The molecule has 24 heavy (non-hydrogen) atoms. The van der Waals surface area contributed by atoms with Gasteiger partial charge in [-0.1, -0.05) is 25.5 Å². The number of carbonyl (C=O) groups excluding carboxylic acids is 1. The van der Waals surface area contributed by atoms with Crippen LogP contribution in [0.5, 0.6) is 5.75 Å². The molecule has 0 aromatic heterocycles. The molecule has 0 aliphatic carbocycles. The van der Waals surface area contributed by atoms with Gasteiger partial charge < -0.3 is 14.8 Å². The van der Waals surface area contributed by atoms with Gasteiger partial charge in [0.2, 0.25) is 6.79 Å². The summed E-state index contributed by atoms with van der Waals surface area (Å²) in [5, 5.41) is 2.80. The van der Waals surface area contributed by atoms with Crippen molar-refractivity contribution in [3.05, 3.63) is 29.8 Å². The molecule has 136 valence electrons. The van der Waals surface area contributed by atoms with Gasteiger partial charge in [0.05, 0.1) is 12.6 Å². The number of alkyl carbamates (subject to hydrolysis) is 1. The van der Waals surface area contributed by atoms with Crippen LogP contribution in [0.4, 0.5) is 4.79 Å². The van der Waals surface area contributed by atoms with Crippen molar-refractivity contribution in [2.45, 2.75) is 59.1 Å². The third kappa shape index (κ3) is 8.74. The lowest BCUT2D eigenvalue weighted by molar-refractivity contribution is -0.323. The van der Waals surface area contributed by atoms with E-state index in [0.29, 0.717) is 12.4 Å². The fraction of sp³-hybridized carbons (Fsp3) is 0.611. The second-order valence-corrected chi connectivity index (χ2v) is 6.49. The van der Waals surface area contributed by atoms with Gasteiger partial charge in [-0.05, 0) is 51.8 Å². The molecule has 6 nitrogen and oxygen atoms in total. The maximum absolute atomic E-state index is 11.8. The summed E-state index contributed by atoms with van der Waals surface area (Å²) in [6.07, 6.45) is 1.58. The Hall–Kier alpha value is -1.79. The van der Waals surface area contributed by atoms with Crippen molar-refractivity contribution < 1.29 is 24.0 Å². The van der Waals surface area contributed by atoms with Gasteiger partial charge in [0.15, 0.2) is 0 Å². The van der Waals surface area contributed by atoms with Crippen molar-refractivity contribution in [1.82, 2.24) is 5.32 Å². The fourth-order valence-corrected chi connectivity index (χ4v) is 1.81. The molecule has 1 aromatic rings. The van der Waals surface area contributed by atoms with Crippen molar-refractivity contribution in [2.24, 2.45) is 0 Å². The molecule has 0 aliphatic rings. The first-order chi connectivity index (χ1) is 11.3. The van der Waals surface area contributed by atoms with Crippen LogP contribution in [0.15, 0.2) is 24.3 Å². The Labute approximate surface area is 144 Å². The highest BCUT2D eigenvalue weighted by atomic mass is 17.2. The molecule has 1 unspecified atom stereocenters. The maximum atomic E-state index is 11.8. The first-order valence-corrected chi connectivity index (χ1v) is 8.28. The standard InChI is InChI=1S/C18H29NO5/c1-6-7-12-22-23-13-21-16-10-8-15(9-11-16)14(2)19-17(20)24-18(3,4)5/h8-11,14H,6-7,12-13H2,1-5H3,(H,19,20). The lowest BCUT2D eigenvalue weighted by atomic mass is 10.1. The molecule has 0 spiro atoms. The monoisotopic (exact) mass is 339 g/mol. The summed E-state index contributed by atoms with van der Waals surface area (Å²) in [6.45, 7) is 10.1. The first-order valence-electron chi connectivity index (χ1n) is 8.28. The van der Waals surface area contributed by atoms with Crippen LogP contribution in [-0.2, 0) is 14.5 Å². The van der Waals surface area contributed by atoms with Crippen LogP contribution in [-0.4, -0.2) is 25.1 Å². The Morgan fingerprint density at radius 1 is 1.17 bits per heavy atom. The molecular formula is C18H29NO5. The van der Waals surface area contributed by atoms with E-state index in [2.05, 4.69) is 12.2 Å². The number of hydrogen-bond acceptors (Lipinski definition) is 5. The van der Waals surface area contributed by atoms with Crippen LogP contribution in [0.25, 0.3) is 0 Å². The molecule has 0 bridgehead atoms. The molecule has 1 amide bonds. The number of unbranched alkanes of at least 4 members (excludes halogenated alkanes) is 1. The summed E-state index contributed by atoms with van der Waals surface area (Å²) in [4.78, 5) is 21.6. The molecular weight excluding hydrogens is 310 g/mol. The van der Waals surface area contributed by atoms with Crippen molar-refractivity contribution in [3.63, 3.8) is 0 Å². The number of amides is 1. The molecule has 0 fully saturated rings. The average molecular weight is 339 g/mol. The van der Waals surface area contributed by atoms with Gasteiger partial charge >= 0.3 is 6.09 Å². The van der Waals surface area contributed by atoms with E-state index in [9.17, 15) is 4.79 Å². The summed E-state index contributed by atoms with van der Waals surface area (Å²) in [7, 11) is 0. The van der Waals surface area contributed by atoms with Crippen molar-refractivity contribution in [1.29, 1.82) is 0 Å². The quantitative estimate of drug-likeness (QED) is 0.313. The van der Waals surface area contributed by atoms with Crippen LogP contribution in [0.3, 0.4) is 0 Å². The molecule has 6 heteroatoms. The van der Waals surface area contributed by atoms with Crippen LogP contribution < -0.4 is 10.1 Å². The van der Waals surface area contributed by atoms with Gasteiger partial charge in [-0.25, -0.2) is 9.68 Å². The second kappa shape index (κ2) is 10.2. The number of carbonyl (C=O) groups is 1. The fourth-order valence-electron chi connectivity index (χ4n) is 1.81. The third-order valence-corrected chi connectivity index (χ3v) is 3.05. The van der Waals surface area contributed by atoms with E-state index in [1.807, 2.05) is 52.0 Å². The second-order valence-electron chi connectivity index (χ2n) is 6.49. The lowest BCUT2D eigenvalue weighted by Gasteiger charge is -2.22. The van der Waals surface area contributed by atoms with Gasteiger partial charge in [0.25, 0.3) is 0 Å². The maximum Gasteiger partial charge on any atom is 0.408 e. The largest absolute Gasteiger partial charge is 0.465 e. The molecule has 0 saturated carbocycles. The Balaban J connectivity index is 2.36. The highest BCUT2D eigenvalue weighted by molar-refractivity contribution is 5.68. The zero-order valence-corrected chi connectivity index (χ0v) is 15.3. The summed E-state index contributed by atoms with van der Waals surface area (Å²) < 4.78 is 10.7. The molecule has 0 radical (unpaired) electrons. The minimum absolute atomic E-state index is 0.0365.